The molecule has 0 amide bonds. The Bertz CT molecular complexity index is 369. The number of rotatable bonds is 4. The SMILES string of the molecule is OC1CCCN(CCC(O)c2ccc(Cl)cc2)C1. The molecule has 0 bridgehead atoms. The Hall–Kier alpha value is -0.610. The largest absolute Gasteiger partial charge is 0.392 e. The van der Waals surface area contributed by atoms with Crippen LogP contribution in [0, 0.1) is 0 Å². The van der Waals surface area contributed by atoms with Gasteiger partial charge in [-0.15, -0.1) is 0 Å². The van der Waals surface area contributed by atoms with E-state index >= 15 is 0 Å². The van der Waals surface area contributed by atoms with Crippen LogP contribution in [0.25, 0.3) is 0 Å². The monoisotopic (exact) mass is 269 g/mol. The van der Waals surface area contributed by atoms with Crippen LogP contribution in [-0.2, 0) is 0 Å². The summed E-state index contributed by atoms with van der Waals surface area (Å²) in [6, 6.07) is 7.31. The van der Waals surface area contributed by atoms with Gasteiger partial charge in [-0.2, -0.15) is 0 Å². The van der Waals surface area contributed by atoms with Gasteiger partial charge in [-0.05, 0) is 43.5 Å². The van der Waals surface area contributed by atoms with Gasteiger partial charge in [-0.3, -0.25) is 0 Å². The van der Waals surface area contributed by atoms with E-state index < -0.39 is 6.10 Å². The maximum absolute atomic E-state index is 10.1. The van der Waals surface area contributed by atoms with Crippen molar-refractivity contribution >= 4 is 11.6 Å². The van der Waals surface area contributed by atoms with Gasteiger partial charge in [0.05, 0.1) is 12.2 Å². The van der Waals surface area contributed by atoms with Crippen molar-refractivity contribution in [3.63, 3.8) is 0 Å². The highest BCUT2D eigenvalue weighted by atomic mass is 35.5. The minimum Gasteiger partial charge on any atom is -0.392 e. The highest BCUT2D eigenvalue weighted by Crippen LogP contribution is 2.20. The molecule has 2 N–H and O–H groups in total. The van der Waals surface area contributed by atoms with Crippen molar-refractivity contribution in [1.29, 1.82) is 0 Å². The summed E-state index contributed by atoms with van der Waals surface area (Å²) >= 11 is 5.81. The standard InChI is InChI=1S/C14H20ClNO2/c15-12-5-3-11(4-6-12)14(18)7-9-16-8-1-2-13(17)10-16/h3-6,13-14,17-18H,1-2,7-10H2. The van der Waals surface area contributed by atoms with Crippen molar-refractivity contribution < 1.29 is 10.2 Å². The Morgan fingerprint density at radius 3 is 2.72 bits per heavy atom. The van der Waals surface area contributed by atoms with E-state index in [1.165, 1.54) is 0 Å². The second-order valence-corrected chi connectivity index (χ2v) is 5.39. The number of hydrogen-bond donors (Lipinski definition) is 2. The molecule has 1 aliphatic heterocycles. The van der Waals surface area contributed by atoms with E-state index in [9.17, 15) is 10.2 Å². The lowest BCUT2D eigenvalue weighted by Crippen LogP contribution is -2.39. The number of aliphatic hydroxyl groups excluding tert-OH is 2. The number of piperidine rings is 1. The molecular formula is C14H20ClNO2. The quantitative estimate of drug-likeness (QED) is 0.881. The lowest BCUT2D eigenvalue weighted by molar-refractivity contribution is 0.0590. The third-order valence-electron chi connectivity index (χ3n) is 3.45. The zero-order valence-corrected chi connectivity index (χ0v) is 11.2. The topological polar surface area (TPSA) is 43.7 Å². The summed E-state index contributed by atoms with van der Waals surface area (Å²) in [6.45, 7) is 2.57. The van der Waals surface area contributed by atoms with Gasteiger partial charge in [-0.25, -0.2) is 0 Å². The molecule has 2 atom stereocenters. The Morgan fingerprint density at radius 1 is 1.33 bits per heavy atom. The van der Waals surface area contributed by atoms with Crippen LogP contribution in [0.4, 0.5) is 0 Å². The van der Waals surface area contributed by atoms with E-state index in [0.29, 0.717) is 11.4 Å². The van der Waals surface area contributed by atoms with Crippen LogP contribution in [0.3, 0.4) is 0 Å². The van der Waals surface area contributed by atoms with Crippen molar-refractivity contribution in [2.45, 2.75) is 31.5 Å². The van der Waals surface area contributed by atoms with E-state index in [1.807, 2.05) is 12.1 Å². The van der Waals surface area contributed by atoms with Crippen molar-refractivity contribution in [3.05, 3.63) is 34.9 Å². The van der Waals surface area contributed by atoms with Gasteiger partial charge in [0, 0.05) is 18.1 Å². The molecule has 1 aliphatic rings. The van der Waals surface area contributed by atoms with Crippen molar-refractivity contribution in [3.8, 4) is 0 Å². The Morgan fingerprint density at radius 2 is 2.06 bits per heavy atom. The molecule has 1 fully saturated rings. The minimum atomic E-state index is -0.457. The second kappa shape index (κ2) is 6.53. The smallest absolute Gasteiger partial charge is 0.0802 e. The van der Waals surface area contributed by atoms with Crippen LogP contribution in [-0.4, -0.2) is 40.9 Å². The molecule has 0 radical (unpaired) electrons. The number of nitrogens with zero attached hydrogens (tertiary/aromatic N) is 1. The van der Waals surface area contributed by atoms with Crippen LogP contribution in [0.1, 0.15) is 30.9 Å². The third kappa shape index (κ3) is 3.95. The van der Waals surface area contributed by atoms with Crippen LogP contribution < -0.4 is 0 Å². The molecule has 0 aliphatic carbocycles. The van der Waals surface area contributed by atoms with E-state index in [4.69, 9.17) is 11.6 Å². The Labute approximate surface area is 113 Å². The fraction of sp³-hybridized carbons (Fsp3) is 0.571. The molecule has 2 unspecified atom stereocenters. The van der Waals surface area contributed by atoms with Gasteiger partial charge in [-0.1, -0.05) is 23.7 Å². The van der Waals surface area contributed by atoms with Crippen LogP contribution in [0.2, 0.25) is 5.02 Å². The van der Waals surface area contributed by atoms with Crippen molar-refractivity contribution in [1.82, 2.24) is 4.90 Å². The average Bonchev–Trinajstić information content (AvgIpc) is 2.37. The first-order chi connectivity index (χ1) is 8.65. The molecule has 0 saturated carbocycles. The summed E-state index contributed by atoms with van der Waals surface area (Å²) < 4.78 is 0. The van der Waals surface area contributed by atoms with E-state index in [2.05, 4.69) is 4.90 Å². The lowest BCUT2D eigenvalue weighted by atomic mass is 10.0. The third-order valence-corrected chi connectivity index (χ3v) is 3.71. The summed E-state index contributed by atoms with van der Waals surface area (Å²) in [5, 5.41) is 20.3. The maximum atomic E-state index is 10.1. The maximum Gasteiger partial charge on any atom is 0.0802 e. The molecule has 18 heavy (non-hydrogen) atoms. The first-order valence-electron chi connectivity index (χ1n) is 6.49. The van der Waals surface area contributed by atoms with Gasteiger partial charge < -0.3 is 15.1 Å². The minimum absolute atomic E-state index is 0.202. The molecule has 1 saturated heterocycles. The van der Waals surface area contributed by atoms with Crippen molar-refractivity contribution in [2.24, 2.45) is 0 Å². The highest BCUT2D eigenvalue weighted by molar-refractivity contribution is 6.30. The van der Waals surface area contributed by atoms with E-state index in [0.717, 1.165) is 38.0 Å². The van der Waals surface area contributed by atoms with Crippen LogP contribution in [0.5, 0.6) is 0 Å². The molecule has 4 heteroatoms. The Kier molecular flexibility index (Phi) is 5.01. The second-order valence-electron chi connectivity index (χ2n) is 4.95. The fourth-order valence-corrected chi connectivity index (χ4v) is 2.52. The molecule has 2 rings (SSSR count). The summed E-state index contributed by atoms with van der Waals surface area (Å²) in [5.41, 5.74) is 0.900. The number of hydrogen-bond acceptors (Lipinski definition) is 3. The molecule has 1 aromatic carbocycles. The number of aliphatic hydroxyl groups is 2. The molecule has 0 aromatic heterocycles. The molecule has 1 heterocycles. The predicted molar refractivity (Wildman–Crippen MR) is 72.7 cm³/mol. The van der Waals surface area contributed by atoms with Crippen molar-refractivity contribution in [2.75, 3.05) is 19.6 Å². The molecular weight excluding hydrogens is 250 g/mol. The molecule has 100 valence electrons. The van der Waals surface area contributed by atoms with E-state index in [-0.39, 0.29) is 6.10 Å². The Balaban J connectivity index is 1.80. The summed E-state index contributed by atoms with van der Waals surface area (Å²) in [4.78, 5) is 2.22. The fourth-order valence-electron chi connectivity index (χ4n) is 2.39. The summed E-state index contributed by atoms with van der Waals surface area (Å²) in [6.07, 6.45) is 1.97. The number of β-amino-alcohol motifs (C(OH)–C–C–N with tert-alkyl or cyclic N) is 1. The normalized spacial score (nSPS) is 22.9. The van der Waals surface area contributed by atoms with E-state index in [1.54, 1.807) is 12.1 Å². The number of benzene rings is 1. The van der Waals surface area contributed by atoms with Gasteiger partial charge in [0.2, 0.25) is 0 Å². The lowest BCUT2D eigenvalue weighted by Gasteiger charge is -2.30. The first-order valence-corrected chi connectivity index (χ1v) is 6.87. The van der Waals surface area contributed by atoms with Gasteiger partial charge in [0.1, 0.15) is 0 Å². The summed E-state index contributed by atoms with van der Waals surface area (Å²) in [7, 11) is 0. The summed E-state index contributed by atoms with van der Waals surface area (Å²) in [5.74, 6) is 0. The average molecular weight is 270 g/mol. The van der Waals surface area contributed by atoms with Crippen LogP contribution in [0.15, 0.2) is 24.3 Å². The van der Waals surface area contributed by atoms with Crippen LogP contribution >= 0.6 is 11.6 Å². The zero-order chi connectivity index (χ0) is 13.0. The molecule has 1 aromatic rings. The number of likely N-dealkylation sites (tertiary alicyclic amines) is 1. The van der Waals surface area contributed by atoms with Gasteiger partial charge in [0.25, 0.3) is 0 Å². The molecule has 3 nitrogen and oxygen atoms in total. The highest BCUT2D eigenvalue weighted by Gasteiger charge is 2.18. The van der Waals surface area contributed by atoms with Gasteiger partial charge in [0.15, 0.2) is 0 Å². The zero-order valence-electron chi connectivity index (χ0n) is 10.4. The number of halogens is 1. The predicted octanol–water partition coefficient (Wildman–Crippen LogP) is 2.22. The first kappa shape index (κ1) is 13.8. The van der Waals surface area contributed by atoms with Gasteiger partial charge >= 0.3 is 0 Å². The molecule has 0 spiro atoms.